The fourth-order valence-corrected chi connectivity index (χ4v) is 3.20. The van der Waals surface area contributed by atoms with Gasteiger partial charge in [0.15, 0.2) is 0 Å². The van der Waals surface area contributed by atoms with Crippen molar-refractivity contribution in [3.05, 3.63) is 64.6 Å². The molecule has 0 radical (unpaired) electrons. The number of rotatable bonds is 9. The smallest absolute Gasteiger partial charge is 0.227 e. The van der Waals surface area contributed by atoms with Gasteiger partial charge in [0.05, 0.1) is 12.5 Å². The van der Waals surface area contributed by atoms with Crippen molar-refractivity contribution in [3.63, 3.8) is 0 Å². The first kappa shape index (κ1) is 22.6. The first-order valence-corrected chi connectivity index (χ1v) is 10.4. The molecule has 0 aliphatic carbocycles. The molecular weight excluding hydrogens is 430 g/mol. The van der Waals surface area contributed by atoms with E-state index in [4.69, 9.17) is 5.26 Å². The van der Waals surface area contributed by atoms with E-state index in [-0.39, 0.29) is 36.5 Å². The number of amides is 2. The Hall–Kier alpha value is -2.65. The molecule has 0 heterocycles. The molecule has 0 saturated heterocycles. The lowest BCUT2D eigenvalue weighted by atomic mass is 9.84. The quantitative estimate of drug-likeness (QED) is 0.601. The monoisotopic (exact) mass is 455 g/mol. The zero-order valence-corrected chi connectivity index (χ0v) is 18.4. The topological polar surface area (TPSA) is 73.2 Å². The maximum absolute atomic E-state index is 12.6. The zero-order chi connectivity index (χ0) is 21.3. The number of nitriles is 1. The van der Waals surface area contributed by atoms with Gasteiger partial charge >= 0.3 is 0 Å². The maximum atomic E-state index is 12.6. The van der Waals surface area contributed by atoms with E-state index in [2.05, 4.69) is 41.2 Å². The predicted molar refractivity (Wildman–Crippen MR) is 118 cm³/mol. The highest BCUT2D eigenvalue weighted by atomic mass is 79.9. The number of carbonyl (C=O) groups is 2. The van der Waals surface area contributed by atoms with Gasteiger partial charge in [0.25, 0.3) is 0 Å². The van der Waals surface area contributed by atoms with E-state index in [1.807, 2.05) is 54.6 Å². The number of halogens is 1. The molecule has 0 unspecified atom stereocenters. The molecule has 0 fully saturated rings. The molecular formula is C23H26BrN3O2. The molecule has 152 valence electrons. The van der Waals surface area contributed by atoms with E-state index in [1.165, 1.54) is 0 Å². The van der Waals surface area contributed by atoms with Gasteiger partial charge < -0.3 is 10.2 Å². The van der Waals surface area contributed by atoms with Crippen molar-refractivity contribution in [3.8, 4) is 6.07 Å². The lowest BCUT2D eigenvalue weighted by Gasteiger charge is -2.26. The molecule has 0 aliphatic rings. The molecule has 2 aromatic carbocycles. The molecule has 0 saturated carbocycles. The van der Waals surface area contributed by atoms with Crippen molar-refractivity contribution >= 4 is 33.4 Å². The maximum Gasteiger partial charge on any atom is 0.227 e. The Kier molecular flexibility index (Phi) is 8.41. The van der Waals surface area contributed by atoms with Crippen LogP contribution in [0.1, 0.15) is 38.7 Å². The van der Waals surface area contributed by atoms with E-state index in [0.717, 1.165) is 15.7 Å². The second-order valence-electron chi connectivity index (χ2n) is 7.46. The number of hydrogen-bond donors (Lipinski definition) is 1. The van der Waals surface area contributed by atoms with Gasteiger partial charge in [0.2, 0.25) is 11.8 Å². The van der Waals surface area contributed by atoms with Gasteiger partial charge in [-0.3, -0.25) is 9.59 Å². The summed E-state index contributed by atoms with van der Waals surface area (Å²) in [7, 11) is 0. The van der Waals surface area contributed by atoms with Crippen molar-refractivity contribution in [2.75, 3.05) is 18.0 Å². The number of hydrogen-bond acceptors (Lipinski definition) is 3. The van der Waals surface area contributed by atoms with Crippen LogP contribution in [0, 0.1) is 11.3 Å². The van der Waals surface area contributed by atoms with Gasteiger partial charge in [0, 0.05) is 41.5 Å². The molecule has 2 aromatic rings. The highest BCUT2D eigenvalue weighted by Crippen LogP contribution is 2.24. The van der Waals surface area contributed by atoms with Gasteiger partial charge in [-0.15, -0.1) is 0 Å². The number of anilines is 1. The van der Waals surface area contributed by atoms with Crippen molar-refractivity contribution in [2.24, 2.45) is 0 Å². The van der Waals surface area contributed by atoms with Crippen LogP contribution in [0.3, 0.4) is 0 Å². The average molecular weight is 456 g/mol. The highest BCUT2D eigenvalue weighted by Gasteiger charge is 2.22. The molecule has 0 spiro atoms. The minimum atomic E-state index is -0.219. The molecule has 0 aliphatic heterocycles. The van der Waals surface area contributed by atoms with E-state index < -0.39 is 0 Å². The van der Waals surface area contributed by atoms with Crippen molar-refractivity contribution in [2.45, 2.75) is 38.5 Å². The van der Waals surface area contributed by atoms with E-state index in [9.17, 15) is 9.59 Å². The van der Waals surface area contributed by atoms with Gasteiger partial charge in [-0.25, -0.2) is 0 Å². The summed E-state index contributed by atoms with van der Waals surface area (Å²) in [5.41, 5.74) is 1.65. The molecule has 29 heavy (non-hydrogen) atoms. The summed E-state index contributed by atoms with van der Waals surface area (Å²) in [5, 5.41) is 11.8. The van der Waals surface area contributed by atoms with Crippen molar-refractivity contribution in [1.29, 1.82) is 5.26 Å². The van der Waals surface area contributed by atoms with Gasteiger partial charge in [-0.05, 0) is 29.8 Å². The molecule has 0 aromatic heterocycles. The van der Waals surface area contributed by atoms with Crippen LogP contribution < -0.4 is 10.2 Å². The lowest BCUT2D eigenvalue weighted by molar-refractivity contribution is -0.125. The Labute approximate surface area is 180 Å². The van der Waals surface area contributed by atoms with Crippen LogP contribution in [0.5, 0.6) is 0 Å². The SMILES string of the molecule is CC(C)(CNC(=O)CCC(=O)N(CCC#N)c1ccccc1)c1ccc(Br)cc1. The number of carbonyl (C=O) groups excluding carboxylic acids is 2. The summed E-state index contributed by atoms with van der Waals surface area (Å²) < 4.78 is 1.01. The summed E-state index contributed by atoms with van der Waals surface area (Å²) in [5.74, 6) is -0.314. The Morgan fingerprint density at radius 2 is 1.72 bits per heavy atom. The first-order chi connectivity index (χ1) is 13.8. The van der Waals surface area contributed by atoms with Gasteiger partial charge in [-0.2, -0.15) is 5.26 Å². The largest absolute Gasteiger partial charge is 0.355 e. The molecule has 0 bridgehead atoms. The molecule has 5 nitrogen and oxygen atoms in total. The lowest BCUT2D eigenvalue weighted by Crippen LogP contribution is -2.37. The summed E-state index contributed by atoms with van der Waals surface area (Å²) in [6, 6.07) is 19.3. The summed E-state index contributed by atoms with van der Waals surface area (Å²) in [4.78, 5) is 26.5. The number of benzene rings is 2. The first-order valence-electron chi connectivity index (χ1n) is 9.58. The zero-order valence-electron chi connectivity index (χ0n) is 16.8. The van der Waals surface area contributed by atoms with E-state index >= 15 is 0 Å². The summed E-state index contributed by atoms with van der Waals surface area (Å²) in [6.45, 7) is 4.94. The van der Waals surface area contributed by atoms with Crippen LogP contribution in [0.25, 0.3) is 0 Å². The fraction of sp³-hybridized carbons (Fsp3) is 0.348. The molecule has 2 amide bonds. The van der Waals surface area contributed by atoms with Gasteiger partial charge in [-0.1, -0.05) is 60.1 Å². The molecule has 2 rings (SSSR count). The van der Waals surface area contributed by atoms with Crippen LogP contribution in [0.2, 0.25) is 0 Å². The van der Waals surface area contributed by atoms with E-state index in [0.29, 0.717) is 13.1 Å². The Balaban J connectivity index is 1.89. The second-order valence-corrected chi connectivity index (χ2v) is 8.37. The third-order valence-electron chi connectivity index (χ3n) is 4.74. The average Bonchev–Trinajstić information content (AvgIpc) is 2.72. The number of nitrogens with one attached hydrogen (secondary N) is 1. The Morgan fingerprint density at radius 1 is 1.07 bits per heavy atom. The van der Waals surface area contributed by atoms with Crippen LogP contribution in [-0.2, 0) is 15.0 Å². The van der Waals surface area contributed by atoms with Crippen LogP contribution in [0.15, 0.2) is 59.1 Å². The third kappa shape index (κ3) is 7.03. The van der Waals surface area contributed by atoms with Crippen LogP contribution in [-0.4, -0.2) is 24.9 Å². The number of nitrogens with zero attached hydrogens (tertiary/aromatic N) is 2. The Bertz CT molecular complexity index is 858. The van der Waals surface area contributed by atoms with Gasteiger partial charge in [0.1, 0.15) is 0 Å². The minimum absolute atomic E-state index is 0.102. The molecule has 1 N–H and O–H groups in total. The fourth-order valence-electron chi connectivity index (χ4n) is 2.93. The van der Waals surface area contributed by atoms with Crippen molar-refractivity contribution < 1.29 is 9.59 Å². The minimum Gasteiger partial charge on any atom is -0.355 e. The standard InChI is InChI=1S/C23H26BrN3O2/c1-23(2,18-9-11-19(24)12-10-18)17-26-21(28)13-14-22(29)27(16-6-15-25)20-7-4-3-5-8-20/h3-5,7-12H,6,13-14,16-17H2,1-2H3,(H,26,28). The molecule has 6 heteroatoms. The van der Waals surface area contributed by atoms with Crippen molar-refractivity contribution in [1.82, 2.24) is 5.32 Å². The summed E-state index contributed by atoms with van der Waals surface area (Å²) >= 11 is 3.43. The van der Waals surface area contributed by atoms with Crippen LogP contribution in [0.4, 0.5) is 5.69 Å². The number of para-hydroxylation sites is 1. The Morgan fingerprint density at radius 3 is 2.34 bits per heavy atom. The normalized spacial score (nSPS) is 10.8. The van der Waals surface area contributed by atoms with Crippen LogP contribution >= 0.6 is 15.9 Å². The summed E-state index contributed by atoms with van der Waals surface area (Å²) in [6.07, 6.45) is 0.463. The third-order valence-corrected chi connectivity index (χ3v) is 5.26. The molecule has 0 atom stereocenters. The van der Waals surface area contributed by atoms with E-state index in [1.54, 1.807) is 4.90 Å². The highest BCUT2D eigenvalue weighted by molar-refractivity contribution is 9.10. The second kappa shape index (κ2) is 10.8. The predicted octanol–water partition coefficient (Wildman–Crippen LogP) is 4.57.